The summed E-state index contributed by atoms with van der Waals surface area (Å²) in [7, 11) is 7.93. The van der Waals surface area contributed by atoms with Crippen molar-refractivity contribution >= 4 is 5.91 Å². The Bertz CT molecular complexity index is 1200. The van der Waals surface area contributed by atoms with Gasteiger partial charge >= 0.3 is 0 Å². The number of nitrogens with zero attached hydrogens (tertiary/aromatic N) is 1. The number of rotatable bonds is 9. The van der Waals surface area contributed by atoms with Gasteiger partial charge in [-0.1, -0.05) is 12.1 Å². The Balaban J connectivity index is 1.74. The Labute approximate surface area is 211 Å². The average Bonchev–Trinajstić information content (AvgIpc) is 2.94. The fraction of sp³-hybridized carbons (Fsp3) is 0.321. The molecule has 0 saturated carbocycles. The van der Waals surface area contributed by atoms with Crippen molar-refractivity contribution in [2.45, 2.75) is 12.5 Å². The van der Waals surface area contributed by atoms with E-state index in [1.807, 2.05) is 41.3 Å². The molecule has 0 radical (unpaired) electrons. The van der Waals surface area contributed by atoms with Crippen molar-refractivity contribution in [3.8, 4) is 34.5 Å². The second-order valence-electron chi connectivity index (χ2n) is 8.23. The Morgan fingerprint density at radius 3 is 2.00 bits per heavy atom. The van der Waals surface area contributed by atoms with Gasteiger partial charge in [-0.25, -0.2) is 0 Å². The Morgan fingerprint density at radius 2 is 1.39 bits per heavy atom. The van der Waals surface area contributed by atoms with Crippen LogP contribution in [0.1, 0.15) is 27.5 Å². The second kappa shape index (κ2) is 11.1. The summed E-state index contributed by atoms with van der Waals surface area (Å²) in [4.78, 5) is 15.7. The van der Waals surface area contributed by atoms with Crippen LogP contribution >= 0.6 is 0 Å². The Hall–Kier alpha value is -4.07. The van der Waals surface area contributed by atoms with Gasteiger partial charge in [0.15, 0.2) is 23.0 Å². The van der Waals surface area contributed by atoms with Crippen LogP contribution in [0.4, 0.5) is 0 Å². The third-order valence-corrected chi connectivity index (χ3v) is 6.33. The van der Waals surface area contributed by atoms with E-state index in [9.17, 15) is 4.79 Å². The lowest BCUT2D eigenvalue weighted by atomic mass is 9.91. The van der Waals surface area contributed by atoms with E-state index in [0.717, 1.165) is 11.1 Å². The Kier molecular flexibility index (Phi) is 7.73. The number of methoxy groups -OCH3 is 5. The summed E-state index contributed by atoms with van der Waals surface area (Å²) < 4.78 is 33.5. The van der Waals surface area contributed by atoms with Gasteiger partial charge in [0, 0.05) is 18.2 Å². The third kappa shape index (κ3) is 4.98. The minimum absolute atomic E-state index is 0.152. The molecule has 1 atom stereocenters. The number of fused-ring (bicyclic) bond motifs is 1. The van der Waals surface area contributed by atoms with Crippen LogP contribution in [0.5, 0.6) is 34.5 Å². The van der Waals surface area contributed by atoms with Gasteiger partial charge in [0.1, 0.15) is 18.1 Å². The monoisotopic (exact) mass is 493 g/mol. The van der Waals surface area contributed by atoms with Gasteiger partial charge in [-0.15, -0.1) is 0 Å². The molecule has 36 heavy (non-hydrogen) atoms. The van der Waals surface area contributed by atoms with E-state index in [-0.39, 0.29) is 18.6 Å². The van der Waals surface area contributed by atoms with Crippen molar-refractivity contribution in [1.29, 1.82) is 0 Å². The first kappa shape index (κ1) is 25.0. The fourth-order valence-electron chi connectivity index (χ4n) is 4.45. The maximum absolute atomic E-state index is 13.8. The first-order valence-electron chi connectivity index (χ1n) is 11.6. The molecular formula is C28H31NO7. The number of hydrogen-bond donors (Lipinski definition) is 0. The molecule has 0 bridgehead atoms. The average molecular weight is 494 g/mol. The zero-order valence-electron chi connectivity index (χ0n) is 21.2. The van der Waals surface area contributed by atoms with Crippen molar-refractivity contribution in [2.75, 3.05) is 48.7 Å². The lowest BCUT2D eigenvalue weighted by molar-refractivity contribution is 0.0586. The maximum atomic E-state index is 13.8. The molecule has 0 fully saturated rings. The van der Waals surface area contributed by atoms with Gasteiger partial charge in [-0.2, -0.15) is 0 Å². The van der Waals surface area contributed by atoms with Gasteiger partial charge in [0.25, 0.3) is 5.91 Å². The van der Waals surface area contributed by atoms with Gasteiger partial charge in [0.2, 0.25) is 0 Å². The number of carbonyl (C=O) groups is 1. The fourth-order valence-corrected chi connectivity index (χ4v) is 4.45. The Morgan fingerprint density at radius 1 is 0.778 bits per heavy atom. The van der Waals surface area contributed by atoms with Gasteiger partial charge in [-0.05, 0) is 53.9 Å². The number of hydrogen-bond acceptors (Lipinski definition) is 7. The van der Waals surface area contributed by atoms with Crippen molar-refractivity contribution in [1.82, 2.24) is 4.90 Å². The molecule has 1 amide bonds. The van der Waals surface area contributed by atoms with Crippen LogP contribution in [0.2, 0.25) is 0 Å². The minimum Gasteiger partial charge on any atom is -0.497 e. The second-order valence-corrected chi connectivity index (χ2v) is 8.23. The predicted octanol–water partition coefficient (Wildman–Crippen LogP) is 4.55. The van der Waals surface area contributed by atoms with E-state index in [1.165, 1.54) is 0 Å². The molecule has 3 aromatic rings. The summed E-state index contributed by atoms with van der Waals surface area (Å²) in [6, 6.07) is 16.1. The van der Waals surface area contributed by atoms with E-state index in [2.05, 4.69) is 0 Å². The molecule has 8 heteroatoms. The summed E-state index contributed by atoms with van der Waals surface area (Å²) >= 11 is 0. The first-order valence-corrected chi connectivity index (χ1v) is 11.6. The van der Waals surface area contributed by atoms with Crippen LogP contribution < -0.4 is 28.4 Å². The van der Waals surface area contributed by atoms with Crippen molar-refractivity contribution in [3.05, 3.63) is 71.3 Å². The van der Waals surface area contributed by atoms with E-state index in [4.69, 9.17) is 28.4 Å². The molecule has 190 valence electrons. The molecule has 0 aliphatic carbocycles. The van der Waals surface area contributed by atoms with Crippen LogP contribution in [-0.4, -0.2) is 59.5 Å². The van der Waals surface area contributed by atoms with Crippen LogP contribution in [-0.2, 0) is 6.42 Å². The first-order chi connectivity index (χ1) is 17.5. The van der Waals surface area contributed by atoms with Crippen molar-refractivity contribution in [3.63, 3.8) is 0 Å². The van der Waals surface area contributed by atoms with Crippen LogP contribution in [0.25, 0.3) is 0 Å². The van der Waals surface area contributed by atoms with Gasteiger partial charge in [0.05, 0.1) is 41.6 Å². The van der Waals surface area contributed by atoms with Crippen LogP contribution in [0, 0.1) is 0 Å². The van der Waals surface area contributed by atoms with Gasteiger partial charge < -0.3 is 33.3 Å². The SMILES string of the molecule is COc1cc(OC)cc(C(=O)N2CCc3cc(OC)c(OC)cc3[C@@H]2COc2ccccc2OC)c1. The summed E-state index contributed by atoms with van der Waals surface area (Å²) in [5, 5.41) is 0. The van der Waals surface area contributed by atoms with Crippen molar-refractivity contribution in [2.24, 2.45) is 0 Å². The normalized spacial score (nSPS) is 14.5. The standard InChI is InChI=1S/C28H31NO7/c1-31-20-12-19(13-21(15-20)32-2)28(30)29-11-10-18-14-26(34-4)27(35-5)16-22(18)23(29)17-36-25-9-7-6-8-24(25)33-3/h6-9,12-16,23H,10-11,17H2,1-5H3/t23-/m0/s1. The minimum atomic E-state index is -0.386. The lowest BCUT2D eigenvalue weighted by Gasteiger charge is -2.37. The predicted molar refractivity (Wildman–Crippen MR) is 135 cm³/mol. The third-order valence-electron chi connectivity index (χ3n) is 6.33. The molecule has 0 N–H and O–H groups in total. The zero-order valence-corrected chi connectivity index (χ0v) is 21.2. The van der Waals surface area contributed by atoms with Crippen LogP contribution in [0.15, 0.2) is 54.6 Å². The quantitative estimate of drug-likeness (QED) is 0.433. The largest absolute Gasteiger partial charge is 0.497 e. The summed E-state index contributed by atoms with van der Waals surface area (Å²) in [6.07, 6.45) is 0.660. The van der Waals surface area contributed by atoms with Crippen molar-refractivity contribution < 1.29 is 33.2 Å². The number of carbonyl (C=O) groups excluding carboxylic acids is 1. The van der Waals surface area contributed by atoms with E-state index in [0.29, 0.717) is 53.0 Å². The molecule has 0 spiro atoms. The molecule has 8 nitrogen and oxygen atoms in total. The molecule has 0 aromatic heterocycles. The molecule has 1 aliphatic rings. The number of amides is 1. The number of ether oxygens (including phenoxy) is 6. The molecule has 4 rings (SSSR count). The van der Waals surface area contributed by atoms with Crippen LogP contribution in [0.3, 0.4) is 0 Å². The molecular weight excluding hydrogens is 462 g/mol. The molecule has 0 unspecified atom stereocenters. The number of benzene rings is 3. The van der Waals surface area contributed by atoms with E-state index >= 15 is 0 Å². The van der Waals surface area contributed by atoms with E-state index in [1.54, 1.807) is 53.7 Å². The topological polar surface area (TPSA) is 75.7 Å². The van der Waals surface area contributed by atoms with E-state index < -0.39 is 0 Å². The highest BCUT2D eigenvalue weighted by molar-refractivity contribution is 5.95. The highest BCUT2D eigenvalue weighted by Crippen LogP contribution is 2.40. The maximum Gasteiger partial charge on any atom is 0.254 e. The molecule has 0 saturated heterocycles. The zero-order chi connectivity index (χ0) is 25.7. The molecule has 1 aliphatic heterocycles. The molecule has 3 aromatic carbocycles. The molecule has 1 heterocycles. The van der Waals surface area contributed by atoms with Gasteiger partial charge in [-0.3, -0.25) is 4.79 Å². The number of para-hydroxylation sites is 2. The summed E-state index contributed by atoms with van der Waals surface area (Å²) in [5.41, 5.74) is 2.49. The highest BCUT2D eigenvalue weighted by Gasteiger charge is 2.34. The highest BCUT2D eigenvalue weighted by atomic mass is 16.5. The summed E-state index contributed by atoms with van der Waals surface area (Å²) in [6.45, 7) is 0.719. The summed E-state index contributed by atoms with van der Waals surface area (Å²) in [5.74, 6) is 3.40. The smallest absolute Gasteiger partial charge is 0.254 e. The lowest BCUT2D eigenvalue weighted by Crippen LogP contribution is -2.42.